The van der Waals surface area contributed by atoms with Crippen molar-refractivity contribution in [2.75, 3.05) is 70.0 Å². The van der Waals surface area contributed by atoms with Crippen molar-refractivity contribution >= 4 is 35.1 Å². The number of urea groups is 1. The van der Waals surface area contributed by atoms with Gasteiger partial charge in [0, 0.05) is 57.2 Å². The zero-order chi connectivity index (χ0) is 26.1. The lowest BCUT2D eigenvalue weighted by Crippen LogP contribution is -2.50. The van der Waals surface area contributed by atoms with E-state index in [0.717, 1.165) is 31.6 Å². The van der Waals surface area contributed by atoms with Crippen LogP contribution in [0, 0.1) is 0 Å². The number of aromatic nitrogens is 2. The summed E-state index contributed by atoms with van der Waals surface area (Å²) in [6, 6.07) is 7.13. The molecule has 1 unspecified atom stereocenters. The fourth-order valence-corrected chi connectivity index (χ4v) is 3.84. The molecule has 2 aromatic rings. The molecule has 11 nitrogen and oxygen atoms in total. The van der Waals surface area contributed by atoms with Gasteiger partial charge in [0.1, 0.15) is 11.6 Å². The molecule has 3 amide bonds. The molecule has 1 aromatic carbocycles. The Hall–Kier alpha value is -3.86. The first-order chi connectivity index (χ1) is 17.3. The Kier molecular flexibility index (Phi) is 9.46. The van der Waals surface area contributed by atoms with Gasteiger partial charge in [-0.05, 0) is 51.2 Å². The summed E-state index contributed by atoms with van der Waals surface area (Å²) in [4.78, 5) is 39.1. The van der Waals surface area contributed by atoms with Gasteiger partial charge in [-0.15, -0.1) is 0 Å². The van der Waals surface area contributed by atoms with Crippen LogP contribution in [0.5, 0.6) is 5.75 Å². The molecule has 3 N–H and O–H groups in total. The molecule has 0 radical (unpaired) electrons. The number of benzene rings is 1. The third kappa shape index (κ3) is 7.57. The van der Waals surface area contributed by atoms with Gasteiger partial charge in [0.25, 0.3) is 0 Å². The van der Waals surface area contributed by atoms with Gasteiger partial charge >= 0.3 is 6.03 Å². The molecule has 1 atom stereocenters. The maximum atomic E-state index is 12.8. The number of carbonyl (C=O) groups is 2. The smallest absolute Gasteiger partial charge is 0.323 e. The molecular formula is C25H36N8O3. The number of ether oxygens (including phenoxy) is 1. The summed E-state index contributed by atoms with van der Waals surface area (Å²) in [6.45, 7) is 6.32. The topological polar surface area (TPSA) is 115 Å². The highest BCUT2D eigenvalue weighted by molar-refractivity contribution is 5.89. The third-order valence-corrected chi connectivity index (χ3v) is 5.89. The Bertz CT molecular complexity index is 1060. The highest BCUT2D eigenvalue weighted by Gasteiger charge is 2.24. The summed E-state index contributed by atoms with van der Waals surface area (Å²) in [5, 5.41) is 8.85. The molecule has 1 fully saturated rings. The second-order valence-electron chi connectivity index (χ2n) is 8.93. The van der Waals surface area contributed by atoms with E-state index in [1.165, 1.54) is 6.08 Å². The van der Waals surface area contributed by atoms with Crippen molar-refractivity contribution in [3.63, 3.8) is 0 Å². The molecule has 1 aliphatic heterocycles. The van der Waals surface area contributed by atoms with Gasteiger partial charge in [-0.1, -0.05) is 6.58 Å². The summed E-state index contributed by atoms with van der Waals surface area (Å²) < 4.78 is 5.59. The van der Waals surface area contributed by atoms with Crippen molar-refractivity contribution in [3.8, 4) is 5.75 Å². The molecular weight excluding hydrogens is 460 g/mol. The van der Waals surface area contributed by atoms with Crippen molar-refractivity contribution in [2.45, 2.75) is 18.9 Å². The number of likely N-dealkylation sites (N-methyl/N-ethyl adjacent to an activating group) is 2. The number of amides is 3. The molecule has 2 heterocycles. The fourth-order valence-electron chi connectivity index (χ4n) is 3.84. The lowest BCUT2D eigenvalue weighted by atomic mass is 10.1. The molecule has 0 saturated carbocycles. The lowest BCUT2D eigenvalue weighted by Gasteiger charge is -2.32. The number of carbonyl (C=O) groups excluding carboxylic acids is 2. The third-order valence-electron chi connectivity index (χ3n) is 5.89. The Morgan fingerprint density at radius 3 is 2.78 bits per heavy atom. The lowest BCUT2D eigenvalue weighted by molar-refractivity contribution is -0.117. The average molecular weight is 497 g/mol. The van der Waals surface area contributed by atoms with Crippen LogP contribution in [0.25, 0.3) is 0 Å². The van der Waals surface area contributed by atoms with Crippen LogP contribution in [0.4, 0.5) is 27.9 Å². The standard InChI is InChI=1S/C25H36N8O3/c1-6-23(34)27-18-8-7-13-33(17-18)25(35)30-22-11-12-26-24(29-22)28-20-10-9-19(16-21(20)36-5)32(4)15-14-31(2)3/h6,9-12,16,18H,1,7-8,13-15,17H2,2-5H3,(H,27,34)(H2,26,28,29,30,35). The SMILES string of the molecule is C=CC(=O)NC1CCCN(C(=O)Nc2ccnc(Nc3ccc(N(C)CCN(C)C)cc3OC)n2)C1. The Morgan fingerprint density at radius 2 is 2.06 bits per heavy atom. The second-order valence-corrected chi connectivity index (χ2v) is 8.93. The van der Waals surface area contributed by atoms with Crippen LogP contribution in [0.3, 0.4) is 0 Å². The van der Waals surface area contributed by atoms with Gasteiger partial charge in [-0.2, -0.15) is 4.98 Å². The summed E-state index contributed by atoms with van der Waals surface area (Å²) >= 11 is 0. The van der Waals surface area contributed by atoms with Crippen molar-refractivity contribution in [3.05, 3.63) is 43.1 Å². The average Bonchev–Trinajstić information content (AvgIpc) is 2.87. The minimum atomic E-state index is -0.278. The molecule has 0 aliphatic carbocycles. The van der Waals surface area contributed by atoms with Crippen LogP contribution in [0.15, 0.2) is 43.1 Å². The maximum Gasteiger partial charge on any atom is 0.323 e. The maximum absolute atomic E-state index is 12.8. The number of hydrogen-bond donors (Lipinski definition) is 3. The minimum Gasteiger partial charge on any atom is -0.494 e. The summed E-state index contributed by atoms with van der Waals surface area (Å²) in [7, 11) is 7.75. The molecule has 1 aliphatic rings. The predicted molar refractivity (Wildman–Crippen MR) is 142 cm³/mol. The number of hydrogen-bond acceptors (Lipinski definition) is 8. The number of likely N-dealkylation sites (tertiary alicyclic amines) is 1. The highest BCUT2D eigenvalue weighted by atomic mass is 16.5. The zero-order valence-corrected chi connectivity index (χ0v) is 21.5. The van der Waals surface area contributed by atoms with Crippen molar-refractivity contribution in [1.82, 2.24) is 25.1 Å². The van der Waals surface area contributed by atoms with E-state index >= 15 is 0 Å². The van der Waals surface area contributed by atoms with Crippen molar-refractivity contribution in [2.24, 2.45) is 0 Å². The number of methoxy groups -OCH3 is 1. The van der Waals surface area contributed by atoms with E-state index in [0.29, 0.717) is 36.3 Å². The van der Waals surface area contributed by atoms with Crippen LogP contribution < -0.4 is 25.6 Å². The number of anilines is 4. The first-order valence-electron chi connectivity index (χ1n) is 11.9. The van der Waals surface area contributed by atoms with Gasteiger partial charge in [-0.25, -0.2) is 9.78 Å². The molecule has 1 saturated heterocycles. The van der Waals surface area contributed by atoms with E-state index in [9.17, 15) is 9.59 Å². The first-order valence-corrected chi connectivity index (χ1v) is 11.9. The van der Waals surface area contributed by atoms with Gasteiger partial charge in [-0.3, -0.25) is 10.1 Å². The summed E-state index contributed by atoms with van der Waals surface area (Å²) in [5.41, 5.74) is 1.74. The van der Waals surface area contributed by atoms with Gasteiger partial charge < -0.3 is 30.1 Å². The van der Waals surface area contributed by atoms with Crippen molar-refractivity contribution < 1.29 is 14.3 Å². The van der Waals surface area contributed by atoms with Crippen LogP contribution in [-0.4, -0.2) is 92.2 Å². The molecule has 3 rings (SSSR count). The molecule has 1 aromatic heterocycles. The van der Waals surface area contributed by atoms with Crippen LogP contribution in [0.1, 0.15) is 12.8 Å². The zero-order valence-electron chi connectivity index (χ0n) is 21.5. The van der Waals surface area contributed by atoms with E-state index in [2.05, 4.69) is 42.3 Å². The van der Waals surface area contributed by atoms with E-state index in [1.807, 2.05) is 39.3 Å². The van der Waals surface area contributed by atoms with E-state index in [4.69, 9.17) is 4.74 Å². The van der Waals surface area contributed by atoms with Gasteiger partial charge in [0.15, 0.2) is 0 Å². The number of rotatable bonds is 10. The minimum absolute atomic E-state index is 0.102. The molecule has 0 spiro atoms. The summed E-state index contributed by atoms with van der Waals surface area (Å²) in [5.74, 6) is 1.11. The second kappa shape index (κ2) is 12.7. The monoisotopic (exact) mass is 496 g/mol. The largest absolute Gasteiger partial charge is 0.494 e. The Balaban J connectivity index is 1.64. The molecule has 194 valence electrons. The van der Waals surface area contributed by atoms with E-state index in [1.54, 1.807) is 24.3 Å². The quantitative estimate of drug-likeness (QED) is 0.430. The fraction of sp³-hybridized carbons (Fsp3) is 0.440. The number of piperidine rings is 1. The summed E-state index contributed by atoms with van der Waals surface area (Å²) in [6.07, 6.45) is 4.42. The van der Waals surface area contributed by atoms with Crippen LogP contribution >= 0.6 is 0 Å². The van der Waals surface area contributed by atoms with E-state index in [-0.39, 0.29) is 18.0 Å². The predicted octanol–water partition coefficient (Wildman–Crippen LogP) is 2.53. The number of nitrogens with one attached hydrogen (secondary N) is 3. The van der Waals surface area contributed by atoms with E-state index < -0.39 is 0 Å². The Labute approximate surface area is 212 Å². The molecule has 11 heteroatoms. The molecule has 36 heavy (non-hydrogen) atoms. The molecule has 0 bridgehead atoms. The van der Waals surface area contributed by atoms with Crippen LogP contribution in [-0.2, 0) is 4.79 Å². The highest BCUT2D eigenvalue weighted by Crippen LogP contribution is 2.31. The van der Waals surface area contributed by atoms with Gasteiger partial charge in [0.05, 0.1) is 12.8 Å². The number of nitrogens with zero attached hydrogens (tertiary/aromatic N) is 5. The first kappa shape index (κ1) is 26.7. The van der Waals surface area contributed by atoms with Gasteiger partial charge in [0.2, 0.25) is 11.9 Å². The van der Waals surface area contributed by atoms with Crippen molar-refractivity contribution in [1.29, 1.82) is 0 Å². The van der Waals surface area contributed by atoms with Crippen LogP contribution in [0.2, 0.25) is 0 Å². The normalized spacial score (nSPS) is 15.2. The Morgan fingerprint density at radius 1 is 1.25 bits per heavy atom.